The molecule has 1 heterocycles. The average Bonchev–Trinajstić information content (AvgIpc) is 2.35. The molecule has 5 nitrogen and oxygen atoms in total. The van der Waals surface area contributed by atoms with Gasteiger partial charge in [0.2, 0.25) is 5.96 Å². The molecule has 76 valence electrons. The van der Waals surface area contributed by atoms with Gasteiger partial charge < -0.3 is 5.32 Å². The molecule has 0 bridgehead atoms. The predicted octanol–water partition coefficient (Wildman–Crippen LogP) is -0.615. The minimum absolute atomic E-state index is 0.260. The Balaban J connectivity index is 2.73. The molecule has 0 atom stereocenters. The number of rotatable bonds is 1. The van der Waals surface area contributed by atoms with Crippen LogP contribution in [0.25, 0.3) is 0 Å². The van der Waals surface area contributed by atoms with E-state index in [2.05, 4.69) is 10.3 Å². The Bertz CT molecular complexity index is 320. The number of sulfonamides is 1. The lowest BCUT2D eigenvalue weighted by Gasteiger charge is -2.09. The highest BCUT2D eigenvalue weighted by atomic mass is 32.2. The fourth-order valence-corrected chi connectivity index (χ4v) is 1.16. The van der Waals surface area contributed by atoms with Crippen LogP contribution in [0.2, 0.25) is 0 Å². The van der Waals surface area contributed by atoms with Crippen LogP contribution in [-0.4, -0.2) is 33.0 Å². The molecule has 13 heavy (non-hydrogen) atoms. The van der Waals surface area contributed by atoms with Gasteiger partial charge in [-0.15, -0.1) is 0 Å². The molecule has 0 saturated carbocycles. The van der Waals surface area contributed by atoms with Gasteiger partial charge in [0.15, 0.2) is 0 Å². The van der Waals surface area contributed by atoms with Gasteiger partial charge in [0, 0.05) is 6.54 Å². The summed E-state index contributed by atoms with van der Waals surface area (Å²) in [6.45, 7) is 0.589. The van der Waals surface area contributed by atoms with E-state index >= 15 is 0 Å². The lowest BCUT2D eigenvalue weighted by Crippen LogP contribution is -2.44. The number of nitrogens with one attached hydrogen (secondary N) is 2. The van der Waals surface area contributed by atoms with Gasteiger partial charge in [-0.05, 0) is 0 Å². The van der Waals surface area contributed by atoms with E-state index in [9.17, 15) is 21.6 Å². The molecule has 0 fully saturated rings. The van der Waals surface area contributed by atoms with Gasteiger partial charge >= 0.3 is 15.5 Å². The van der Waals surface area contributed by atoms with Crippen LogP contribution in [0.5, 0.6) is 0 Å². The minimum atomic E-state index is -5.32. The van der Waals surface area contributed by atoms with Gasteiger partial charge in [-0.3, -0.25) is 4.99 Å². The third-order valence-corrected chi connectivity index (χ3v) is 2.28. The lowest BCUT2D eigenvalue weighted by atomic mass is 10.7. The van der Waals surface area contributed by atoms with Crippen molar-refractivity contribution in [3.63, 3.8) is 0 Å². The van der Waals surface area contributed by atoms with Crippen molar-refractivity contribution in [3.8, 4) is 0 Å². The number of hydrogen-bond donors (Lipinski definition) is 2. The van der Waals surface area contributed by atoms with E-state index in [0.29, 0.717) is 6.54 Å². The molecule has 0 radical (unpaired) electrons. The van der Waals surface area contributed by atoms with Crippen molar-refractivity contribution in [3.05, 3.63) is 0 Å². The first-order chi connectivity index (χ1) is 5.83. The summed E-state index contributed by atoms with van der Waals surface area (Å²) in [4.78, 5) is 3.45. The smallest absolute Gasteiger partial charge is 0.354 e. The van der Waals surface area contributed by atoms with Crippen molar-refractivity contribution < 1.29 is 21.6 Å². The minimum Gasteiger partial charge on any atom is -0.354 e. The summed E-state index contributed by atoms with van der Waals surface area (Å²) < 4.78 is 57.4. The molecule has 0 amide bonds. The Morgan fingerprint density at radius 2 is 2.08 bits per heavy atom. The number of nitrogens with zero attached hydrogens (tertiary/aromatic N) is 1. The van der Waals surface area contributed by atoms with Crippen molar-refractivity contribution >= 4 is 16.0 Å². The number of alkyl halides is 3. The summed E-state index contributed by atoms with van der Waals surface area (Å²) in [6, 6.07) is 0. The number of hydrogen-bond acceptors (Lipinski definition) is 4. The van der Waals surface area contributed by atoms with Gasteiger partial charge in [0.05, 0.1) is 6.54 Å². The summed E-state index contributed by atoms with van der Waals surface area (Å²) in [5.41, 5.74) is -5.31. The molecule has 2 N–H and O–H groups in total. The van der Waals surface area contributed by atoms with Crippen molar-refractivity contribution in [2.45, 2.75) is 5.51 Å². The summed E-state index contributed by atoms with van der Waals surface area (Å²) in [7, 11) is -5.32. The van der Waals surface area contributed by atoms with E-state index in [0.717, 1.165) is 0 Å². The third-order valence-electron chi connectivity index (χ3n) is 1.21. The second-order valence-corrected chi connectivity index (χ2v) is 3.88. The van der Waals surface area contributed by atoms with E-state index in [1.807, 2.05) is 0 Å². The Morgan fingerprint density at radius 1 is 1.46 bits per heavy atom. The van der Waals surface area contributed by atoms with Crippen molar-refractivity contribution in [1.82, 2.24) is 10.0 Å². The maximum Gasteiger partial charge on any atom is 0.516 e. The fraction of sp³-hybridized carbons (Fsp3) is 0.750. The van der Waals surface area contributed by atoms with Gasteiger partial charge in [-0.25, -0.2) is 4.72 Å². The highest BCUT2D eigenvalue weighted by molar-refractivity contribution is 7.90. The lowest BCUT2D eigenvalue weighted by molar-refractivity contribution is -0.0442. The molecule has 0 aromatic heterocycles. The molecule has 0 aromatic carbocycles. The largest absolute Gasteiger partial charge is 0.516 e. The topological polar surface area (TPSA) is 70.6 Å². The van der Waals surface area contributed by atoms with E-state index in [-0.39, 0.29) is 12.5 Å². The zero-order valence-corrected chi connectivity index (χ0v) is 7.04. The van der Waals surface area contributed by atoms with Crippen LogP contribution in [0.1, 0.15) is 0 Å². The standard InChI is InChI=1S/C4H6F3N3O2S/c5-4(6,7)13(11,12)10-3-8-1-2-9-3/h1-2H2,(H2,8,9,10). The van der Waals surface area contributed by atoms with Crippen LogP contribution in [0.3, 0.4) is 0 Å². The Morgan fingerprint density at radius 3 is 2.46 bits per heavy atom. The van der Waals surface area contributed by atoms with E-state index in [1.54, 1.807) is 0 Å². The quantitative estimate of drug-likeness (QED) is 0.615. The SMILES string of the molecule is O=S(=O)(NC1=NCCN1)C(F)(F)F. The van der Waals surface area contributed by atoms with E-state index in [4.69, 9.17) is 0 Å². The van der Waals surface area contributed by atoms with Gasteiger partial charge in [0.25, 0.3) is 0 Å². The Hall–Kier alpha value is -0.990. The van der Waals surface area contributed by atoms with Crippen molar-refractivity contribution in [2.75, 3.05) is 13.1 Å². The molecule has 9 heteroatoms. The molecular weight excluding hydrogens is 211 g/mol. The maximum absolute atomic E-state index is 11.8. The molecule has 0 saturated heterocycles. The van der Waals surface area contributed by atoms with Gasteiger partial charge in [-0.1, -0.05) is 0 Å². The van der Waals surface area contributed by atoms with Gasteiger partial charge in [0.1, 0.15) is 0 Å². The van der Waals surface area contributed by atoms with Crippen LogP contribution in [0, 0.1) is 0 Å². The monoisotopic (exact) mass is 217 g/mol. The maximum atomic E-state index is 11.8. The van der Waals surface area contributed by atoms with Crippen LogP contribution in [-0.2, 0) is 10.0 Å². The first kappa shape index (κ1) is 10.1. The Labute approximate surface area is 72.1 Å². The van der Waals surface area contributed by atoms with E-state index < -0.39 is 15.5 Å². The second kappa shape index (κ2) is 3.05. The van der Waals surface area contributed by atoms with Gasteiger partial charge in [-0.2, -0.15) is 21.6 Å². The van der Waals surface area contributed by atoms with Crippen LogP contribution < -0.4 is 10.0 Å². The number of guanidine groups is 1. The number of halogens is 3. The number of aliphatic imine (C=N–C) groups is 1. The molecule has 1 rings (SSSR count). The van der Waals surface area contributed by atoms with Crippen LogP contribution >= 0.6 is 0 Å². The van der Waals surface area contributed by atoms with Crippen molar-refractivity contribution in [1.29, 1.82) is 0 Å². The molecule has 0 aromatic rings. The van der Waals surface area contributed by atoms with Crippen molar-refractivity contribution in [2.24, 2.45) is 4.99 Å². The summed E-state index contributed by atoms with van der Waals surface area (Å²) >= 11 is 0. The third kappa shape index (κ3) is 2.23. The molecular formula is C4H6F3N3O2S. The average molecular weight is 217 g/mol. The fourth-order valence-electron chi connectivity index (χ4n) is 0.651. The summed E-state index contributed by atoms with van der Waals surface area (Å²) in [5.74, 6) is -0.364. The highest BCUT2D eigenvalue weighted by Gasteiger charge is 2.46. The molecule has 0 unspecified atom stereocenters. The second-order valence-electron chi connectivity index (χ2n) is 2.21. The van der Waals surface area contributed by atoms with Crippen LogP contribution in [0.4, 0.5) is 13.2 Å². The zero-order chi connectivity index (χ0) is 10.1. The van der Waals surface area contributed by atoms with E-state index in [1.165, 1.54) is 4.72 Å². The zero-order valence-electron chi connectivity index (χ0n) is 6.22. The Kier molecular flexibility index (Phi) is 2.37. The molecule has 0 spiro atoms. The van der Waals surface area contributed by atoms with Crippen LogP contribution in [0.15, 0.2) is 4.99 Å². The normalized spacial score (nSPS) is 17.9. The summed E-state index contributed by atoms with van der Waals surface area (Å²) in [6.07, 6.45) is 0. The first-order valence-corrected chi connectivity index (χ1v) is 4.69. The predicted molar refractivity (Wildman–Crippen MR) is 38.4 cm³/mol. The molecule has 1 aliphatic heterocycles. The highest BCUT2D eigenvalue weighted by Crippen LogP contribution is 2.21. The summed E-state index contributed by atoms with van der Waals surface area (Å²) in [5, 5.41) is 2.34. The molecule has 0 aliphatic carbocycles. The first-order valence-electron chi connectivity index (χ1n) is 3.20. The molecule has 1 aliphatic rings.